The number of hydrogen-bond acceptors (Lipinski definition) is 0. The maximum Gasteiger partial charge on any atom is 0.0494 e. The molecule has 0 atom stereocenters. The van der Waals surface area contributed by atoms with Gasteiger partial charge in [0.1, 0.15) is 0 Å². The quantitative estimate of drug-likeness (QED) is 0.148. The van der Waals surface area contributed by atoms with Gasteiger partial charge in [0.2, 0.25) is 0 Å². The van der Waals surface area contributed by atoms with Crippen LogP contribution in [0.15, 0.2) is 322 Å². The number of aromatic nitrogens is 4. The van der Waals surface area contributed by atoms with E-state index in [0.29, 0.717) is 0 Å². The fourth-order valence-corrected chi connectivity index (χ4v) is 17.2. The van der Waals surface area contributed by atoms with E-state index in [1.807, 2.05) is 0 Å². The van der Waals surface area contributed by atoms with Crippen molar-refractivity contribution in [2.75, 3.05) is 0 Å². The third-order valence-corrected chi connectivity index (χ3v) is 22.8. The number of nitrogens with zero attached hydrogens (tertiary/aromatic N) is 4. The van der Waals surface area contributed by atoms with Crippen LogP contribution in [0.3, 0.4) is 0 Å². The topological polar surface area (TPSA) is 19.7 Å². The molecule has 0 radical (unpaired) electrons. The summed E-state index contributed by atoms with van der Waals surface area (Å²) in [5.41, 5.74) is 22.7. The molecule has 0 aliphatic rings. The lowest BCUT2D eigenvalue weighted by Gasteiger charge is -2.13. The van der Waals surface area contributed by atoms with Gasteiger partial charge in [-0.15, -0.1) is 0 Å². The van der Waals surface area contributed by atoms with E-state index < -0.39 is 0 Å². The number of rotatable bonds is 6. The van der Waals surface area contributed by atoms with Crippen molar-refractivity contribution in [2.24, 2.45) is 0 Å². The number of hydrogen-bond donors (Lipinski definition) is 0. The van der Waals surface area contributed by atoms with Crippen LogP contribution in [0.2, 0.25) is 0 Å². The molecular weight excluding hydrogens is 1290 g/mol. The summed E-state index contributed by atoms with van der Waals surface area (Å²) >= 11 is 0. The molecule has 0 aliphatic heterocycles. The summed E-state index contributed by atoms with van der Waals surface area (Å²) in [5.74, 6) is 0. The Bertz CT molecular complexity index is 6440. The Morgan fingerprint density at radius 1 is 0.168 bits per heavy atom. The third kappa shape index (κ3) is 12.3. The lowest BCUT2D eigenvalue weighted by Crippen LogP contribution is -2.00. The monoisotopic (exact) mass is 1380 g/mol. The Labute approximate surface area is 626 Å². The fraction of sp³-hybridized carbons (Fsp3) is 0.126. The van der Waals surface area contributed by atoms with Gasteiger partial charge >= 0.3 is 0 Å². The summed E-state index contributed by atoms with van der Waals surface area (Å²) in [6.07, 6.45) is 0. The molecule has 0 amide bonds. The second-order valence-corrected chi connectivity index (χ2v) is 29.2. The van der Waals surface area contributed by atoms with Crippen LogP contribution in [0.1, 0.15) is 63.9 Å². The first-order valence-corrected chi connectivity index (χ1v) is 38.0. The van der Waals surface area contributed by atoms with Crippen molar-refractivity contribution in [3.8, 4) is 0 Å². The Balaban J connectivity index is 0.000000102. The lowest BCUT2D eigenvalue weighted by atomic mass is 9.95. The molecule has 0 aliphatic carbocycles. The molecule has 0 N–H and O–H groups in total. The van der Waals surface area contributed by atoms with Gasteiger partial charge in [-0.25, -0.2) is 0 Å². The van der Waals surface area contributed by atoms with Crippen molar-refractivity contribution >= 4 is 152 Å². The predicted octanol–water partition coefficient (Wildman–Crippen LogP) is 28.1. The Kier molecular flexibility index (Phi) is 18.0. The van der Waals surface area contributed by atoms with Crippen LogP contribution in [-0.2, 0) is 26.2 Å². The molecule has 0 saturated carbocycles. The summed E-state index contributed by atoms with van der Waals surface area (Å²) in [7, 11) is 0. The van der Waals surface area contributed by atoms with Crippen LogP contribution in [0, 0.1) is 48.5 Å². The molecule has 21 rings (SSSR count). The van der Waals surface area contributed by atoms with Gasteiger partial charge in [0.15, 0.2) is 0 Å². The first-order valence-electron chi connectivity index (χ1n) is 38.0. The van der Waals surface area contributed by atoms with Crippen molar-refractivity contribution < 1.29 is 0 Å². The molecule has 0 saturated heterocycles. The highest BCUT2D eigenvalue weighted by molar-refractivity contribution is 6.12. The molecule has 17 aromatic carbocycles. The summed E-state index contributed by atoms with van der Waals surface area (Å²) < 4.78 is 9.66. The van der Waals surface area contributed by atoms with E-state index in [2.05, 4.69) is 402 Å². The van der Waals surface area contributed by atoms with E-state index >= 15 is 0 Å². The first-order chi connectivity index (χ1) is 52.4. The summed E-state index contributed by atoms with van der Waals surface area (Å²) in [6.45, 7) is 23.5. The van der Waals surface area contributed by atoms with E-state index in [9.17, 15) is 0 Å². The Morgan fingerprint density at radius 2 is 0.374 bits per heavy atom. The summed E-state index contributed by atoms with van der Waals surface area (Å²) in [4.78, 5) is 0. The van der Waals surface area contributed by atoms with Crippen LogP contribution < -0.4 is 0 Å². The molecule has 4 nitrogen and oxygen atoms in total. The molecule has 107 heavy (non-hydrogen) atoms. The zero-order chi connectivity index (χ0) is 73.0. The Morgan fingerprint density at radius 3 is 0.636 bits per heavy atom. The normalized spacial score (nSPS) is 11.6. The van der Waals surface area contributed by atoms with Gasteiger partial charge in [-0.3, -0.25) is 0 Å². The second-order valence-electron chi connectivity index (χ2n) is 29.2. The van der Waals surface area contributed by atoms with Crippen LogP contribution in [0.4, 0.5) is 0 Å². The van der Waals surface area contributed by atoms with Gasteiger partial charge in [0.05, 0.1) is 0 Å². The van der Waals surface area contributed by atoms with E-state index in [4.69, 9.17) is 0 Å². The van der Waals surface area contributed by atoms with Gasteiger partial charge in [-0.05, 0) is 262 Å². The molecular formula is C103H88N4. The highest BCUT2D eigenvalue weighted by Gasteiger charge is 2.17. The van der Waals surface area contributed by atoms with Gasteiger partial charge in [-0.1, -0.05) is 237 Å². The van der Waals surface area contributed by atoms with Crippen LogP contribution in [0.5, 0.6) is 0 Å². The number of para-hydroxylation sites is 8. The van der Waals surface area contributed by atoms with Gasteiger partial charge < -0.3 is 18.3 Å². The largest absolute Gasteiger partial charge is 0.341 e. The summed E-state index contributed by atoms with van der Waals surface area (Å²) in [5, 5.41) is 26.9. The highest BCUT2D eigenvalue weighted by atomic mass is 15.0. The smallest absolute Gasteiger partial charge is 0.0494 e. The first kappa shape index (κ1) is 67.7. The SMILES string of the molecule is CCn1c2ccccc2c2ccccc21.CCn1c2ccccc2c2ccccc21.Cc1ccc(C)c2cc3c(Cn4c5ccccc5c5ccccc54)cccc3cc12.Cc1ccc(C)c2cc3c(Cn4c5ccccc5c5ccccc54)cccc3cc12.Cc1cccc2cc3c(C)ccc(C)c3cc12. The maximum atomic E-state index is 2.47. The third-order valence-electron chi connectivity index (χ3n) is 22.8. The molecule has 4 heterocycles. The van der Waals surface area contributed by atoms with Gasteiger partial charge in [0, 0.05) is 113 Å². The van der Waals surface area contributed by atoms with Crippen molar-refractivity contribution in [1.82, 2.24) is 18.3 Å². The molecule has 4 aromatic heterocycles. The highest BCUT2D eigenvalue weighted by Crippen LogP contribution is 2.38. The standard InChI is InChI=1S/2C29H23N.C17H16.2C14H13N/c2*1-19-14-15-20(2)26-17-27-21(16-25(19)26)8-7-9-22(27)18-30-28-12-5-3-10-23(28)24-11-4-6-13-29(24)30;1-11-5-4-6-14-9-16-12(2)7-8-13(3)17(16)10-15(11)14;2*1-2-15-13-9-5-3-7-11(13)12-8-4-6-10-14(12)15/h2*3-17H,18H2,1-2H3;4-10H,1-3H3;2*3-10H,2H2,1H3. The molecule has 520 valence electrons. The zero-order valence-electron chi connectivity index (χ0n) is 62.7. The van der Waals surface area contributed by atoms with Crippen molar-refractivity contribution in [3.05, 3.63) is 372 Å². The van der Waals surface area contributed by atoms with Gasteiger partial charge in [-0.2, -0.15) is 0 Å². The van der Waals surface area contributed by atoms with Gasteiger partial charge in [0.25, 0.3) is 0 Å². The molecule has 4 heteroatoms. The van der Waals surface area contributed by atoms with Crippen LogP contribution in [-0.4, -0.2) is 18.3 Å². The minimum absolute atomic E-state index is 0.863. The minimum atomic E-state index is 0.863. The summed E-state index contributed by atoms with van der Waals surface area (Å²) in [6, 6.07) is 117. The zero-order valence-corrected chi connectivity index (χ0v) is 62.7. The Hall–Kier alpha value is -12.5. The number of fused-ring (bicyclic) bond motifs is 18. The lowest BCUT2D eigenvalue weighted by molar-refractivity contribution is 0.827. The average molecular weight is 1380 g/mol. The minimum Gasteiger partial charge on any atom is -0.341 e. The van der Waals surface area contributed by atoms with E-state index in [-0.39, 0.29) is 0 Å². The molecule has 21 aromatic rings. The van der Waals surface area contributed by atoms with E-state index in [1.54, 1.807) is 0 Å². The molecule has 0 spiro atoms. The molecule has 0 unspecified atom stereocenters. The fourth-order valence-electron chi connectivity index (χ4n) is 17.2. The number of benzene rings is 17. The predicted molar refractivity (Wildman–Crippen MR) is 465 cm³/mol. The van der Waals surface area contributed by atoms with Crippen molar-refractivity contribution in [1.29, 1.82) is 0 Å². The van der Waals surface area contributed by atoms with Crippen molar-refractivity contribution in [2.45, 2.75) is 88.5 Å². The van der Waals surface area contributed by atoms with E-state index in [1.165, 1.54) is 202 Å². The second kappa shape index (κ2) is 28.5. The molecule has 0 bridgehead atoms. The average Bonchev–Trinajstić information content (AvgIpc) is 1.72. The molecule has 0 fully saturated rings. The van der Waals surface area contributed by atoms with Crippen LogP contribution in [0.25, 0.3) is 152 Å². The van der Waals surface area contributed by atoms with Crippen molar-refractivity contribution in [3.63, 3.8) is 0 Å². The van der Waals surface area contributed by atoms with Crippen LogP contribution >= 0.6 is 0 Å². The number of aryl methyl sites for hydroxylation is 9. The van der Waals surface area contributed by atoms with E-state index in [0.717, 1.165) is 26.2 Å². The maximum absolute atomic E-state index is 2.47.